The first kappa shape index (κ1) is 14.1. The summed E-state index contributed by atoms with van der Waals surface area (Å²) < 4.78 is 0. The molecule has 0 aliphatic heterocycles. The van der Waals surface area contributed by atoms with Crippen LogP contribution in [0.1, 0.15) is 46.8 Å². The van der Waals surface area contributed by atoms with Crippen molar-refractivity contribution in [1.29, 1.82) is 0 Å². The fraction of sp³-hybridized carbons (Fsp3) is 0.211. The molecule has 0 heterocycles. The zero-order valence-corrected chi connectivity index (χ0v) is 11.9. The fourth-order valence-electron chi connectivity index (χ4n) is 1.93. The highest BCUT2D eigenvalue weighted by Gasteiger charge is 2.11. The van der Waals surface area contributed by atoms with Crippen molar-refractivity contribution in [3.05, 3.63) is 70.8 Å². The summed E-state index contributed by atoms with van der Waals surface area (Å²) in [6, 6.07) is 15.2. The van der Waals surface area contributed by atoms with Gasteiger partial charge in [-0.25, -0.2) is 0 Å². The maximum Gasteiger partial charge on any atom is 0.194 e. The van der Waals surface area contributed by atoms with Gasteiger partial charge in [-0.2, -0.15) is 0 Å². The first-order chi connectivity index (χ1) is 9.72. The number of rotatable bonds is 3. The molecule has 0 bridgehead atoms. The quantitative estimate of drug-likeness (QED) is 0.592. The number of unbranched alkanes of at least 4 members (excludes halogenated alkanes) is 1. The summed E-state index contributed by atoms with van der Waals surface area (Å²) in [5.41, 5.74) is 3.35. The number of carbonyl (C=O) groups excluding carboxylic acids is 1. The van der Waals surface area contributed by atoms with E-state index >= 15 is 0 Å². The van der Waals surface area contributed by atoms with Gasteiger partial charge in [0, 0.05) is 23.1 Å². The zero-order chi connectivity index (χ0) is 14.4. The van der Waals surface area contributed by atoms with Crippen molar-refractivity contribution in [2.24, 2.45) is 0 Å². The lowest BCUT2D eigenvalue weighted by atomic mass is 9.98. The minimum Gasteiger partial charge on any atom is -0.289 e. The van der Waals surface area contributed by atoms with Gasteiger partial charge in [-0.15, -0.1) is 0 Å². The normalized spacial score (nSPS) is 9.70. The second-order valence-electron chi connectivity index (χ2n) is 4.79. The van der Waals surface area contributed by atoms with E-state index < -0.39 is 0 Å². The van der Waals surface area contributed by atoms with Gasteiger partial charge in [-0.05, 0) is 25.5 Å². The SMILES string of the molecule is CCCC#Cc1ccccc1C(=O)c1ccc(C)cc1. The summed E-state index contributed by atoms with van der Waals surface area (Å²) in [6.07, 6.45) is 1.88. The Morgan fingerprint density at radius 2 is 1.75 bits per heavy atom. The van der Waals surface area contributed by atoms with Gasteiger partial charge in [-0.3, -0.25) is 4.79 Å². The van der Waals surface area contributed by atoms with Crippen LogP contribution in [0.4, 0.5) is 0 Å². The predicted molar refractivity (Wildman–Crippen MR) is 82.8 cm³/mol. The average Bonchev–Trinajstić information content (AvgIpc) is 2.48. The Hall–Kier alpha value is -2.33. The molecular weight excluding hydrogens is 244 g/mol. The van der Waals surface area contributed by atoms with Crippen LogP contribution in [0.5, 0.6) is 0 Å². The van der Waals surface area contributed by atoms with E-state index in [0.717, 1.165) is 24.0 Å². The molecule has 0 spiro atoms. The van der Waals surface area contributed by atoms with Crippen molar-refractivity contribution in [2.75, 3.05) is 0 Å². The number of benzene rings is 2. The molecule has 0 fully saturated rings. The molecular formula is C19H18O. The van der Waals surface area contributed by atoms with Crippen molar-refractivity contribution in [3.63, 3.8) is 0 Å². The van der Waals surface area contributed by atoms with E-state index in [-0.39, 0.29) is 5.78 Å². The van der Waals surface area contributed by atoms with Crippen LogP contribution in [0.3, 0.4) is 0 Å². The molecule has 0 radical (unpaired) electrons. The Balaban J connectivity index is 2.35. The van der Waals surface area contributed by atoms with E-state index in [4.69, 9.17) is 0 Å². The van der Waals surface area contributed by atoms with Crippen molar-refractivity contribution >= 4 is 5.78 Å². The predicted octanol–water partition coefficient (Wildman–Crippen LogP) is 4.38. The number of hydrogen-bond acceptors (Lipinski definition) is 1. The maximum absolute atomic E-state index is 12.5. The van der Waals surface area contributed by atoms with Crippen LogP contribution >= 0.6 is 0 Å². The van der Waals surface area contributed by atoms with E-state index in [0.29, 0.717) is 11.1 Å². The topological polar surface area (TPSA) is 17.1 Å². The minimum absolute atomic E-state index is 0.0337. The second-order valence-corrected chi connectivity index (χ2v) is 4.79. The third-order valence-corrected chi connectivity index (χ3v) is 3.08. The third-order valence-electron chi connectivity index (χ3n) is 3.08. The molecule has 0 unspecified atom stereocenters. The summed E-state index contributed by atoms with van der Waals surface area (Å²) in [7, 11) is 0. The minimum atomic E-state index is 0.0337. The molecule has 0 N–H and O–H groups in total. The Bertz CT molecular complexity index is 654. The van der Waals surface area contributed by atoms with E-state index in [9.17, 15) is 4.79 Å². The van der Waals surface area contributed by atoms with Gasteiger partial charge in [0.2, 0.25) is 0 Å². The van der Waals surface area contributed by atoms with E-state index in [2.05, 4.69) is 18.8 Å². The van der Waals surface area contributed by atoms with E-state index in [1.807, 2.05) is 55.5 Å². The van der Waals surface area contributed by atoms with Crippen LogP contribution in [-0.2, 0) is 0 Å². The highest BCUT2D eigenvalue weighted by molar-refractivity contribution is 6.10. The summed E-state index contributed by atoms with van der Waals surface area (Å²) in [5, 5.41) is 0. The van der Waals surface area contributed by atoms with E-state index in [1.54, 1.807) is 0 Å². The van der Waals surface area contributed by atoms with Crippen molar-refractivity contribution < 1.29 is 4.79 Å². The lowest BCUT2D eigenvalue weighted by molar-refractivity contribution is 0.103. The molecule has 1 nitrogen and oxygen atoms in total. The monoisotopic (exact) mass is 262 g/mol. The largest absolute Gasteiger partial charge is 0.289 e. The van der Waals surface area contributed by atoms with Gasteiger partial charge >= 0.3 is 0 Å². The molecule has 1 heteroatoms. The van der Waals surface area contributed by atoms with Gasteiger partial charge in [0.25, 0.3) is 0 Å². The van der Waals surface area contributed by atoms with Gasteiger partial charge in [0.15, 0.2) is 5.78 Å². The first-order valence-corrected chi connectivity index (χ1v) is 6.91. The highest BCUT2D eigenvalue weighted by Crippen LogP contribution is 2.14. The molecule has 2 rings (SSSR count). The van der Waals surface area contributed by atoms with Gasteiger partial charge in [-0.1, -0.05) is 60.7 Å². The summed E-state index contributed by atoms with van der Waals surface area (Å²) in [6.45, 7) is 4.11. The molecule has 2 aromatic rings. The number of aryl methyl sites for hydroxylation is 1. The third kappa shape index (κ3) is 3.36. The molecule has 0 amide bonds. The smallest absolute Gasteiger partial charge is 0.194 e. The van der Waals surface area contributed by atoms with Crippen LogP contribution < -0.4 is 0 Å². The number of carbonyl (C=O) groups is 1. The molecule has 0 saturated heterocycles. The molecule has 0 aromatic heterocycles. The van der Waals surface area contributed by atoms with Gasteiger partial charge < -0.3 is 0 Å². The van der Waals surface area contributed by atoms with Crippen LogP contribution in [-0.4, -0.2) is 5.78 Å². The van der Waals surface area contributed by atoms with Crippen LogP contribution in [0, 0.1) is 18.8 Å². The lowest BCUT2D eigenvalue weighted by Gasteiger charge is -2.04. The lowest BCUT2D eigenvalue weighted by Crippen LogP contribution is -2.03. The van der Waals surface area contributed by atoms with E-state index in [1.165, 1.54) is 0 Å². The first-order valence-electron chi connectivity index (χ1n) is 6.91. The fourth-order valence-corrected chi connectivity index (χ4v) is 1.93. The van der Waals surface area contributed by atoms with Crippen LogP contribution in [0.25, 0.3) is 0 Å². The molecule has 0 aliphatic rings. The van der Waals surface area contributed by atoms with Crippen LogP contribution in [0.15, 0.2) is 48.5 Å². The Labute approximate surface area is 120 Å². The molecule has 0 atom stereocenters. The zero-order valence-electron chi connectivity index (χ0n) is 11.9. The Morgan fingerprint density at radius 3 is 2.45 bits per heavy atom. The van der Waals surface area contributed by atoms with Gasteiger partial charge in [0.05, 0.1) is 0 Å². The molecule has 100 valence electrons. The number of ketones is 1. The highest BCUT2D eigenvalue weighted by atomic mass is 16.1. The van der Waals surface area contributed by atoms with Crippen molar-refractivity contribution in [3.8, 4) is 11.8 Å². The molecule has 20 heavy (non-hydrogen) atoms. The Kier molecular flexibility index (Phi) is 4.74. The average molecular weight is 262 g/mol. The summed E-state index contributed by atoms with van der Waals surface area (Å²) in [4.78, 5) is 12.5. The second kappa shape index (κ2) is 6.73. The number of hydrogen-bond donors (Lipinski definition) is 0. The molecule has 0 saturated carbocycles. The maximum atomic E-state index is 12.5. The van der Waals surface area contributed by atoms with Crippen molar-refractivity contribution in [2.45, 2.75) is 26.7 Å². The summed E-state index contributed by atoms with van der Waals surface area (Å²) >= 11 is 0. The van der Waals surface area contributed by atoms with Gasteiger partial charge in [0.1, 0.15) is 0 Å². The molecule has 0 aliphatic carbocycles. The molecule has 2 aromatic carbocycles. The van der Waals surface area contributed by atoms with Crippen LogP contribution in [0.2, 0.25) is 0 Å². The summed E-state index contributed by atoms with van der Waals surface area (Å²) in [5.74, 6) is 6.24. The Morgan fingerprint density at radius 1 is 1.05 bits per heavy atom. The van der Waals surface area contributed by atoms with Crippen molar-refractivity contribution in [1.82, 2.24) is 0 Å². The standard InChI is InChI=1S/C19H18O/c1-3-4-5-8-16-9-6-7-10-18(16)19(20)17-13-11-15(2)12-14-17/h6-7,9-14H,3-4H2,1-2H3.